The fourth-order valence-corrected chi connectivity index (χ4v) is 4.82. The predicted molar refractivity (Wildman–Crippen MR) is 133 cm³/mol. The van der Waals surface area contributed by atoms with Crippen LogP contribution in [0.1, 0.15) is 43.0 Å². The second-order valence-corrected chi connectivity index (χ2v) is 9.14. The average molecular weight is 444 g/mol. The summed E-state index contributed by atoms with van der Waals surface area (Å²) in [4.78, 5) is 26.2. The van der Waals surface area contributed by atoms with Gasteiger partial charge >= 0.3 is 0 Å². The van der Waals surface area contributed by atoms with E-state index in [4.69, 9.17) is 5.73 Å². The Kier molecular flexibility index (Phi) is 7.40. The third kappa shape index (κ3) is 5.60. The van der Waals surface area contributed by atoms with E-state index >= 15 is 0 Å². The third-order valence-electron chi connectivity index (χ3n) is 6.91. The average Bonchev–Trinajstić information content (AvgIpc) is 2.86. The maximum Gasteiger partial charge on any atom is 0.251 e. The van der Waals surface area contributed by atoms with Crippen LogP contribution >= 0.6 is 0 Å². The van der Waals surface area contributed by atoms with Crippen LogP contribution in [0.15, 0.2) is 77.6 Å². The molecule has 1 aliphatic rings. The second kappa shape index (κ2) is 10.6. The summed E-state index contributed by atoms with van der Waals surface area (Å²) in [5.74, 6) is 0.599. The molecule has 0 spiro atoms. The summed E-state index contributed by atoms with van der Waals surface area (Å²) in [5.41, 5.74) is 9.53. The fourth-order valence-electron chi connectivity index (χ4n) is 4.82. The van der Waals surface area contributed by atoms with Crippen molar-refractivity contribution in [2.45, 2.75) is 38.1 Å². The van der Waals surface area contributed by atoms with E-state index in [-0.39, 0.29) is 23.4 Å². The van der Waals surface area contributed by atoms with Gasteiger partial charge in [-0.2, -0.15) is 0 Å². The Labute approximate surface area is 195 Å². The number of hydrogen-bond acceptors (Lipinski definition) is 3. The van der Waals surface area contributed by atoms with Gasteiger partial charge in [0, 0.05) is 24.7 Å². The van der Waals surface area contributed by atoms with Crippen LogP contribution in [0.25, 0.3) is 11.1 Å². The highest BCUT2D eigenvalue weighted by molar-refractivity contribution is 5.79. The zero-order valence-electron chi connectivity index (χ0n) is 19.2. The molecule has 1 saturated carbocycles. The normalized spacial score (nSPS) is 19.1. The molecule has 1 unspecified atom stereocenters. The first-order valence-corrected chi connectivity index (χ1v) is 11.9. The second-order valence-electron chi connectivity index (χ2n) is 9.14. The number of aromatic nitrogens is 1. The standard InChI is InChI=1S/C28H33N3O2/c1-31-26(17-24(18-27(31)32)22-10-6-3-7-11-22)25(16-20-8-4-2-5-9-20)30-28(33)23-14-12-21(19-29)13-15-23/h2-11,17-18,21,23,25H,12-16,19,29H2,1H3,(H,30,33). The molecular formula is C28H33N3O2. The predicted octanol–water partition coefficient (Wildman–Crippen LogP) is 4.22. The van der Waals surface area contributed by atoms with Crippen LogP contribution in [-0.2, 0) is 18.3 Å². The van der Waals surface area contributed by atoms with Crippen molar-refractivity contribution in [3.63, 3.8) is 0 Å². The molecule has 1 heterocycles. The Hall–Kier alpha value is -3.18. The topological polar surface area (TPSA) is 77.1 Å². The molecule has 5 nitrogen and oxygen atoms in total. The van der Waals surface area contributed by atoms with Gasteiger partial charge in [-0.05, 0) is 67.3 Å². The number of carbonyl (C=O) groups excluding carboxylic acids is 1. The molecule has 3 aromatic rings. The number of carbonyl (C=O) groups is 1. The largest absolute Gasteiger partial charge is 0.347 e. The van der Waals surface area contributed by atoms with Crippen LogP contribution in [-0.4, -0.2) is 17.0 Å². The van der Waals surface area contributed by atoms with Gasteiger partial charge in [-0.3, -0.25) is 9.59 Å². The lowest BCUT2D eigenvalue weighted by atomic mass is 9.81. The molecule has 1 aliphatic carbocycles. The highest BCUT2D eigenvalue weighted by atomic mass is 16.2. The highest BCUT2D eigenvalue weighted by Crippen LogP contribution is 2.30. The first-order chi connectivity index (χ1) is 16.0. The third-order valence-corrected chi connectivity index (χ3v) is 6.91. The molecule has 0 saturated heterocycles. The minimum atomic E-state index is -0.298. The van der Waals surface area contributed by atoms with Crippen LogP contribution < -0.4 is 16.6 Å². The van der Waals surface area contributed by atoms with Gasteiger partial charge in [0.05, 0.1) is 6.04 Å². The van der Waals surface area contributed by atoms with E-state index in [0.717, 1.165) is 48.1 Å². The van der Waals surface area contributed by atoms with Crippen LogP contribution in [0.2, 0.25) is 0 Å². The lowest BCUT2D eigenvalue weighted by Crippen LogP contribution is -2.39. The van der Waals surface area contributed by atoms with E-state index in [1.807, 2.05) is 54.6 Å². The van der Waals surface area contributed by atoms with Gasteiger partial charge < -0.3 is 15.6 Å². The zero-order valence-corrected chi connectivity index (χ0v) is 19.2. The summed E-state index contributed by atoms with van der Waals surface area (Å²) in [6, 6.07) is 23.4. The molecule has 1 atom stereocenters. The van der Waals surface area contributed by atoms with Crippen LogP contribution in [0.3, 0.4) is 0 Å². The van der Waals surface area contributed by atoms with Gasteiger partial charge in [0.15, 0.2) is 0 Å². The Morgan fingerprint density at radius 3 is 2.24 bits per heavy atom. The van der Waals surface area contributed by atoms with Crippen molar-refractivity contribution in [1.82, 2.24) is 9.88 Å². The van der Waals surface area contributed by atoms with Crippen LogP contribution in [0, 0.1) is 11.8 Å². The number of benzene rings is 2. The summed E-state index contributed by atoms with van der Waals surface area (Å²) in [6.07, 6.45) is 4.36. The number of hydrogen-bond donors (Lipinski definition) is 2. The molecule has 172 valence electrons. The number of nitrogens with zero attached hydrogens (tertiary/aromatic N) is 1. The first kappa shape index (κ1) is 23.0. The van der Waals surface area contributed by atoms with E-state index in [2.05, 4.69) is 17.4 Å². The number of rotatable bonds is 7. The van der Waals surface area contributed by atoms with E-state index < -0.39 is 0 Å². The lowest BCUT2D eigenvalue weighted by Gasteiger charge is -2.29. The van der Waals surface area contributed by atoms with Gasteiger partial charge in [0.25, 0.3) is 5.56 Å². The van der Waals surface area contributed by atoms with Crippen molar-refractivity contribution in [3.05, 3.63) is 94.4 Å². The first-order valence-electron chi connectivity index (χ1n) is 11.9. The van der Waals surface area contributed by atoms with E-state index in [9.17, 15) is 9.59 Å². The number of nitrogens with one attached hydrogen (secondary N) is 1. The quantitative estimate of drug-likeness (QED) is 0.574. The molecule has 0 bridgehead atoms. The number of pyridine rings is 1. The Bertz CT molecular complexity index is 1120. The fraction of sp³-hybridized carbons (Fsp3) is 0.357. The lowest BCUT2D eigenvalue weighted by molar-refractivity contribution is -0.127. The molecule has 0 aliphatic heterocycles. The van der Waals surface area contributed by atoms with Crippen molar-refractivity contribution in [3.8, 4) is 11.1 Å². The highest BCUT2D eigenvalue weighted by Gasteiger charge is 2.28. The number of amides is 1. The Morgan fingerprint density at radius 2 is 1.61 bits per heavy atom. The molecule has 0 radical (unpaired) electrons. The minimum Gasteiger partial charge on any atom is -0.347 e. The molecule has 33 heavy (non-hydrogen) atoms. The molecule has 3 N–H and O–H groups in total. The van der Waals surface area contributed by atoms with Crippen LogP contribution in [0.5, 0.6) is 0 Å². The summed E-state index contributed by atoms with van der Waals surface area (Å²) in [6.45, 7) is 0.694. The van der Waals surface area contributed by atoms with Gasteiger partial charge in [-0.15, -0.1) is 0 Å². The molecule has 2 aromatic carbocycles. The monoisotopic (exact) mass is 443 g/mol. The van der Waals surface area contributed by atoms with Crippen molar-refractivity contribution < 1.29 is 4.79 Å². The summed E-state index contributed by atoms with van der Waals surface area (Å²) >= 11 is 0. The van der Waals surface area contributed by atoms with Crippen molar-refractivity contribution in [2.75, 3.05) is 6.54 Å². The summed E-state index contributed by atoms with van der Waals surface area (Å²) in [7, 11) is 1.78. The van der Waals surface area contributed by atoms with E-state index in [1.165, 1.54) is 0 Å². The molecule has 1 fully saturated rings. The molecule has 4 rings (SSSR count). The number of nitrogens with two attached hydrogens (primary N) is 1. The van der Waals surface area contributed by atoms with Crippen molar-refractivity contribution in [1.29, 1.82) is 0 Å². The van der Waals surface area contributed by atoms with Gasteiger partial charge in [0.1, 0.15) is 0 Å². The maximum atomic E-state index is 13.3. The van der Waals surface area contributed by atoms with Gasteiger partial charge in [-0.1, -0.05) is 60.7 Å². The van der Waals surface area contributed by atoms with E-state index in [1.54, 1.807) is 17.7 Å². The smallest absolute Gasteiger partial charge is 0.251 e. The minimum absolute atomic E-state index is 0.000377. The van der Waals surface area contributed by atoms with Gasteiger partial charge in [0.2, 0.25) is 5.91 Å². The van der Waals surface area contributed by atoms with Crippen molar-refractivity contribution >= 4 is 5.91 Å². The van der Waals surface area contributed by atoms with Crippen LogP contribution in [0.4, 0.5) is 0 Å². The molecule has 1 aromatic heterocycles. The van der Waals surface area contributed by atoms with E-state index in [0.29, 0.717) is 18.9 Å². The maximum absolute atomic E-state index is 13.3. The Balaban J connectivity index is 1.65. The Morgan fingerprint density at radius 1 is 0.970 bits per heavy atom. The van der Waals surface area contributed by atoms with Crippen molar-refractivity contribution in [2.24, 2.45) is 24.6 Å². The summed E-state index contributed by atoms with van der Waals surface area (Å²) < 4.78 is 1.66. The SMILES string of the molecule is Cn1c(C(Cc2ccccc2)NC(=O)C2CCC(CN)CC2)cc(-c2ccccc2)cc1=O. The molecule has 5 heteroatoms. The zero-order chi connectivity index (χ0) is 23.2. The van der Waals surface area contributed by atoms with Gasteiger partial charge in [-0.25, -0.2) is 0 Å². The molecule has 1 amide bonds. The summed E-state index contributed by atoms with van der Waals surface area (Å²) in [5, 5.41) is 3.30. The molecular weight excluding hydrogens is 410 g/mol.